The number of benzene rings is 1. The van der Waals surface area contributed by atoms with Gasteiger partial charge in [-0.25, -0.2) is 4.68 Å². The molecule has 20 heavy (non-hydrogen) atoms. The highest BCUT2D eigenvalue weighted by Crippen LogP contribution is 2.18. The molecule has 0 aliphatic heterocycles. The van der Waals surface area contributed by atoms with Crippen LogP contribution >= 0.6 is 11.6 Å². The summed E-state index contributed by atoms with van der Waals surface area (Å²) in [6, 6.07) is 7.14. The third-order valence-electron chi connectivity index (χ3n) is 3.04. The molecule has 0 unspecified atom stereocenters. The number of aromatic nitrogens is 2. The molecular formula is C14H17ClN4O. The van der Waals surface area contributed by atoms with Gasteiger partial charge in [-0.2, -0.15) is 5.10 Å². The normalized spacial score (nSPS) is 10.6. The maximum absolute atomic E-state index is 12.0. The lowest BCUT2D eigenvalue weighted by atomic mass is 10.1. The van der Waals surface area contributed by atoms with E-state index < -0.39 is 0 Å². The van der Waals surface area contributed by atoms with Crippen molar-refractivity contribution in [1.29, 1.82) is 0 Å². The standard InChI is InChI=1S/C14H17ClN4O/c1-18(2)12-6-14(20)19(17-8-12)9-11-4-3-10(7-16)5-13(11)15/h3-6,8H,7,9,16H2,1-2H3. The molecule has 2 aromatic rings. The third kappa shape index (κ3) is 3.18. The molecule has 0 fully saturated rings. The summed E-state index contributed by atoms with van der Waals surface area (Å²) in [5.41, 5.74) is 7.98. The molecule has 0 spiro atoms. The smallest absolute Gasteiger partial charge is 0.269 e. The largest absolute Gasteiger partial charge is 0.376 e. The Bertz CT molecular complexity index is 666. The van der Waals surface area contributed by atoms with E-state index in [-0.39, 0.29) is 5.56 Å². The first kappa shape index (κ1) is 14.6. The van der Waals surface area contributed by atoms with Gasteiger partial charge in [0.15, 0.2) is 0 Å². The Morgan fingerprint density at radius 2 is 2.10 bits per heavy atom. The number of anilines is 1. The van der Waals surface area contributed by atoms with E-state index in [4.69, 9.17) is 17.3 Å². The highest BCUT2D eigenvalue weighted by molar-refractivity contribution is 6.31. The van der Waals surface area contributed by atoms with Crippen LogP contribution in [0.4, 0.5) is 5.69 Å². The summed E-state index contributed by atoms with van der Waals surface area (Å²) in [6.45, 7) is 0.784. The van der Waals surface area contributed by atoms with Crippen molar-refractivity contribution in [3.05, 3.63) is 57.0 Å². The molecule has 0 saturated heterocycles. The number of halogens is 1. The molecule has 1 aromatic heterocycles. The SMILES string of the molecule is CN(C)c1cnn(Cc2ccc(CN)cc2Cl)c(=O)c1. The molecule has 0 amide bonds. The van der Waals surface area contributed by atoms with Crippen LogP contribution in [-0.2, 0) is 13.1 Å². The van der Waals surface area contributed by atoms with Gasteiger partial charge >= 0.3 is 0 Å². The van der Waals surface area contributed by atoms with Gasteiger partial charge in [0.1, 0.15) is 0 Å². The number of nitrogens with two attached hydrogens (primary N) is 1. The van der Waals surface area contributed by atoms with Gasteiger partial charge in [0.25, 0.3) is 5.56 Å². The van der Waals surface area contributed by atoms with Crippen molar-refractivity contribution in [3.8, 4) is 0 Å². The van der Waals surface area contributed by atoms with Crippen molar-refractivity contribution in [3.63, 3.8) is 0 Å². The van der Waals surface area contributed by atoms with Crippen LogP contribution in [-0.4, -0.2) is 23.9 Å². The van der Waals surface area contributed by atoms with Crippen LogP contribution in [0.5, 0.6) is 0 Å². The summed E-state index contributed by atoms with van der Waals surface area (Å²) >= 11 is 6.19. The second kappa shape index (κ2) is 6.07. The Hall–Kier alpha value is -1.85. The summed E-state index contributed by atoms with van der Waals surface area (Å²) < 4.78 is 1.39. The number of hydrogen-bond acceptors (Lipinski definition) is 4. The minimum atomic E-state index is -0.157. The first-order valence-electron chi connectivity index (χ1n) is 6.23. The molecule has 0 atom stereocenters. The Morgan fingerprint density at radius 1 is 1.35 bits per heavy atom. The van der Waals surface area contributed by atoms with Crippen LogP contribution in [0.3, 0.4) is 0 Å². The monoisotopic (exact) mass is 292 g/mol. The number of nitrogens with zero attached hydrogens (tertiary/aromatic N) is 3. The second-order valence-corrected chi connectivity index (χ2v) is 5.14. The van der Waals surface area contributed by atoms with E-state index in [2.05, 4.69) is 5.10 Å². The van der Waals surface area contributed by atoms with Gasteiger partial charge in [-0.15, -0.1) is 0 Å². The van der Waals surface area contributed by atoms with E-state index in [0.29, 0.717) is 18.1 Å². The predicted molar refractivity (Wildman–Crippen MR) is 81.3 cm³/mol. The van der Waals surface area contributed by atoms with Gasteiger partial charge in [0.2, 0.25) is 0 Å². The third-order valence-corrected chi connectivity index (χ3v) is 3.40. The average molecular weight is 293 g/mol. The van der Waals surface area contributed by atoms with Crippen LogP contribution in [0.1, 0.15) is 11.1 Å². The molecule has 0 aliphatic rings. The lowest BCUT2D eigenvalue weighted by Gasteiger charge is -2.13. The van der Waals surface area contributed by atoms with Crippen molar-refractivity contribution >= 4 is 17.3 Å². The molecule has 2 N–H and O–H groups in total. The fourth-order valence-corrected chi connectivity index (χ4v) is 2.06. The van der Waals surface area contributed by atoms with Gasteiger partial charge in [-0.1, -0.05) is 23.7 Å². The minimum absolute atomic E-state index is 0.157. The molecule has 1 aromatic carbocycles. The van der Waals surface area contributed by atoms with Crippen LogP contribution in [0.25, 0.3) is 0 Å². The molecule has 1 heterocycles. The molecule has 2 rings (SSSR count). The molecule has 0 radical (unpaired) electrons. The fraction of sp³-hybridized carbons (Fsp3) is 0.286. The fourth-order valence-electron chi connectivity index (χ4n) is 1.79. The van der Waals surface area contributed by atoms with Gasteiger partial charge in [0, 0.05) is 31.7 Å². The highest BCUT2D eigenvalue weighted by atomic mass is 35.5. The van der Waals surface area contributed by atoms with Crippen molar-refractivity contribution in [1.82, 2.24) is 9.78 Å². The Kier molecular flexibility index (Phi) is 4.42. The molecule has 106 valence electrons. The topological polar surface area (TPSA) is 64.2 Å². The van der Waals surface area contributed by atoms with Crippen LogP contribution in [0.2, 0.25) is 5.02 Å². The van der Waals surface area contributed by atoms with Gasteiger partial charge in [-0.05, 0) is 17.2 Å². The number of rotatable bonds is 4. The lowest BCUT2D eigenvalue weighted by Crippen LogP contribution is -2.24. The maximum Gasteiger partial charge on any atom is 0.269 e. The molecule has 0 saturated carbocycles. The Labute approximate surface area is 122 Å². The van der Waals surface area contributed by atoms with Gasteiger partial charge in [0.05, 0.1) is 18.4 Å². The van der Waals surface area contributed by atoms with Crippen molar-refractivity contribution in [2.75, 3.05) is 19.0 Å². The van der Waals surface area contributed by atoms with Crippen LogP contribution in [0.15, 0.2) is 35.3 Å². The van der Waals surface area contributed by atoms with Crippen LogP contribution in [0, 0.1) is 0 Å². The van der Waals surface area contributed by atoms with Crippen molar-refractivity contribution in [2.45, 2.75) is 13.1 Å². The zero-order chi connectivity index (χ0) is 14.7. The van der Waals surface area contributed by atoms with Crippen molar-refractivity contribution < 1.29 is 0 Å². The van der Waals surface area contributed by atoms with E-state index >= 15 is 0 Å². The van der Waals surface area contributed by atoms with Gasteiger partial charge < -0.3 is 10.6 Å². The first-order chi connectivity index (χ1) is 9.51. The molecule has 5 nitrogen and oxygen atoms in total. The molecule has 0 bridgehead atoms. The number of hydrogen-bond donors (Lipinski definition) is 1. The highest BCUT2D eigenvalue weighted by Gasteiger charge is 2.06. The predicted octanol–water partition coefficient (Wildman–Crippen LogP) is 1.47. The summed E-state index contributed by atoms with van der Waals surface area (Å²) in [6.07, 6.45) is 1.66. The van der Waals surface area contributed by atoms with Gasteiger partial charge in [-0.3, -0.25) is 4.79 Å². The van der Waals surface area contributed by atoms with E-state index in [1.165, 1.54) is 4.68 Å². The quantitative estimate of drug-likeness (QED) is 0.927. The zero-order valence-electron chi connectivity index (χ0n) is 11.5. The summed E-state index contributed by atoms with van der Waals surface area (Å²) in [7, 11) is 3.73. The van der Waals surface area contributed by atoms with Crippen LogP contribution < -0.4 is 16.2 Å². The van der Waals surface area contributed by atoms with E-state index in [9.17, 15) is 4.79 Å². The Balaban J connectivity index is 2.28. The van der Waals surface area contributed by atoms with E-state index in [1.807, 2.05) is 37.2 Å². The summed E-state index contributed by atoms with van der Waals surface area (Å²) in [5, 5.41) is 4.75. The summed E-state index contributed by atoms with van der Waals surface area (Å²) in [5.74, 6) is 0. The second-order valence-electron chi connectivity index (χ2n) is 4.73. The van der Waals surface area contributed by atoms with Crippen molar-refractivity contribution in [2.24, 2.45) is 5.73 Å². The minimum Gasteiger partial charge on any atom is -0.376 e. The average Bonchev–Trinajstić information content (AvgIpc) is 2.42. The molecule has 6 heteroatoms. The molecule has 0 aliphatic carbocycles. The maximum atomic E-state index is 12.0. The molecular weight excluding hydrogens is 276 g/mol. The Morgan fingerprint density at radius 3 is 2.65 bits per heavy atom. The lowest BCUT2D eigenvalue weighted by molar-refractivity contribution is 0.638. The summed E-state index contributed by atoms with van der Waals surface area (Å²) in [4.78, 5) is 13.8. The van der Waals surface area contributed by atoms with E-state index in [0.717, 1.165) is 16.8 Å². The zero-order valence-corrected chi connectivity index (χ0v) is 12.3. The van der Waals surface area contributed by atoms with E-state index in [1.54, 1.807) is 12.3 Å². The first-order valence-corrected chi connectivity index (χ1v) is 6.61.